The quantitative estimate of drug-likeness (QED) is 0.0428. The minimum Gasteiger partial charge on any atom is -0.445 e. The highest BCUT2D eigenvalue weighted by Crippen LogP contribution is 2.54. The Kier molecular flexibility index (Phi) is 21.9. The van der Waals surface area contributed by atoms with Crippen molar-refractivity contribution in [2.24, 2.45) is 41.1 Å². The summed E-state index contributed by atoms with van der Waals surface area (Å²) in [6, 6.07) is 4.16. The maximum Gasteiger partial charge on any atom is 0.407 e. The molecule has 452 valence electrons. The number of urea groups is 1. The minimum atomic E-state index is -1.33. The lowest BCUT2D eigenvalue weighted by atomic mass is 9.62. The molecule has 9 rings (SSSR count). The maximum absolute atomic E-state index is 13.8. The van der Waals surface area contributed by atoms with E-state index in [9.17, 15) is 34.2 Å². The lowest BCUT2D eigenvalue weighted by Crippen LogP contribution is -2.68. The second kappa shape index (κ2) is 28.4. The van der Waals surface area contributed by atoms with E-state index in [1.165, 1.54) is 0 Å². The Labute approximate surface area is 477 Å². The summed E-state index contributed by atoms with van der Waals surface area (Å²) in [5.74, 6) is -1.72. The topological polar surface area (TPSA) is 300 Å². The monoisotopic (exact) mass is 1140 g/mol. The van der Waals surface area contributed by atoms with Gasteiger partial charge in [0.2, 0.25) is 11.8 Å². The number of amides is 5. The SMILES string of the molecule is C=C1CC(CC[C@@]2(O)CC[C@@H]3CC4C3OC3CC[C@H](CC(=O)C[C@H]5CO[C@H](C[C@H](O)CNC(=O)OCc6ccc(NC(=O)[C@H](CCCNC(N)=O)NC(=O)[C@@H](N)C(C)C)cc6)[C@@H]5OC)OC3[C@@H]4O2)O[C@H]1CC[C@H]1C[C@@H](C)C(=C)[C@@H](C)O1. The van der Waals surface area contributed by atoms with Crippen molar-refractivity contribution in [2.45, 2.75) is 228 Å². The van der Waals surface area contributed by atoms with Crippen LogP contribution < -0.4 is 32.7 Å². The summed E-state index contributed by atoms with van der Waals surface area (Å²) in [7, 11) is 1.56. The second-order valence-corrected chi connectivity index (χ2v) is 24.6. The molecule has 0 aromatic heterocycles. The molecular weight excluding hydrogens is 1040 g/mol. The zero-order valence-electron chi connectivity index (χ0n) is 48.2. The van der Waals surface area contributed by atoms with E-state index in [1.54, 1.807) is 45.2 Å². The third-order valence-corrected chi connectivity index (χ3v) is 18.1. The Morgan fingerprint density at radius 2 is 1.67 bits per heavy atom. The summed E-state index contributed by atoms with van der Waals surface area (Å²) in [6.45, 7) is 16.8. The third kappa shape index (κ3) is 16.6. The number of primary amides is 1. The summed E-state index contributed by atoms with van der Waals surface area (Å²) in [5.41, 5.74) is 14.5. The van der Waals surface area contributed by atoms with Crippen LogP contribution in [0.5, 0.6) is 0 Å². The molecule has 81 heavy (non-hydrogen) atoms. The summed E-state index contributed by atoms with van der Waals surface area (Å²) in [6.07, 6.45) is 5.78. The van der Waals surface area contributed by atoms with Crippen molar-refractivity contribution >= 4 is 35.4 Å². The number of aliphatic hydroxyl groups excluding tert-OH is 1. The zero-order valence-corrected chi connectivity index (χ0v) is 48.2. The third-order valence-electron chi connectivity index (χ3n) is 18.1. The van der Waals surface area contributed by atoms with Crippen LogP contribution in [0.15, 0.2) is 48.6 Å². The van der Waals surface area contributed by atoms with Gasteiger partial charge in [-0.15, -0.1) is 0 Å². The molecule has 0 radical (unpaired) electrons. The van der Waals surface area contributed by atoms with E-state index < -0.39 is 66.2 Å². The number of nitrogens with two attached hydrogens (primary N) is 2. The molecule has 5 amide bonds. The molecule has 1 aromatic rings. The van der Waals surface area contributed by atoms with Crippen molar-refractivity contribution in [2.75, 3.05) is 32.1 Å². The highest BCUT2D eigenvalue weighted by Gasteiger charge is 2.60. The predicted molar refractivity (Wildman–Crippen MR) is 299 cm³/mol. The molecule has 5 unspecified atom stereocenters. The van der Waals surface area contributed by atoms with Crippen molar-refractivity contribution in [3.63, 3.8) is 0 Å². The van der Waals surface area contributed by atoms with Gasteiger partial charge >= 0.3 is 12.1 Å². The molecule has 4 bridgehead atoms. The lowest BCUT2D eigenvalue weighted by Gasteiger charge is -2.60. The number of alkyl carbamates (subject to hydrolysis) is 1. The summed E-state index contributed by atoms with van der Waals surface area (Å²) in [5, 5.41) is 33.7. The summed E-state index contributed by atoms with van der Waals surface area (Å²) >= 11 is 0. The van der Waals surface area contributed by atoms with E-state index in [2.05, 4.69) is 48.3 Å². The van der Waals surface area contributed by atoms with Gasteiger partial charge in [0.15, 0.2) is 5.79 Å². The molecule has 1 aromatic carbocycles. The number of benzene rings is 1. The van der Waals surface area contributed by atoms with Crippen LogP contribution in [0.2, 0.25) is 0 Å². The largest absolute Gasteiger partial charge is 0.445 e. The minimum absolute atomic E-state index is 0.0233. The van der Waals surface area contributed by atoms with Crippen molar-refractivity contribution in [1.29, 1.82) is 0 Å². The molecule has 10 N–H and O–H groups in total. The number of ether oxygens (including phenoxy) is 8. The van der Waals surface area contributed by atoms with E-state index in [4.69, 9.17) is 49.4 Å². The number of hydrogen-bond donors (Lipinski definition) is 8. The van der Waals surface area contributed by atoms with E-state index in [1.807, 2.05) is 0 Å². The number of aliphatic hydroxyl groups is 2. The molecule has 7 heterocycles. The van der Waals surface area contributed by atoms with Gasteiger partial charge in [0.1, 0.15) is 24.5 Å². The Hall–Kier alpha value is -4.55. The summed E-state index contributed by atoms with van der Waals surface area (Å²) in [4.78, 5) is 63.5. The molecule has 8 fully saturated rings. The molecule has 19 atom stereocenters. The standard InChI is InChI=1S/C60H92N6O15/c1-32(2)51(61)57(70)66-47(9-8-22-63-58(62)71)56(69)65-40-12-10-37(11-13-40)30-76-59(72)64-29-42(68)28-50-53(74-7)39(31-75-50)25-41(67)27-44-15-17-49-55(79-44)54-46-26-38(52(46)80-49)18-20-60(73,81-54)21-19-45-24-34(4)48(78-45)16-14-43-23-33(3)35(5)36(6)77-43/h10-13,32-33,36,38-39,42-55,68,73H,4-5,8-9,14-31,61H2,1-3,6-7H3,(H,64,72)(H,65,69)(H,66,70)(H3,62,63,71)/t33-,36-,38-,39+,42+,43+,44-,45?,46?,47+,48+,49?,50-,51+,52?,53-,54-,55?,60-/m1/s1. The van der Waals surface area contributed by atoms with Crippen molar-refractivity contribution in [3.05, 3.63) is 54.1 Å². The molecule has 21 heteroatoms. The molecule has 21 nitrogen and oxygen atoms in total. The van der Waals surface area contributed by atoms with Gasteiger partial charge in [0.25, 0.3) is 0 Å². The first-order valence-corrected chi connectivity index (χ1v) is 29.8. The number of Topliss-reactive ketones (excluding diaryl/α,β-unsaturated/α-hetero) is 1. The van der Waals surface area contributed by atoms with Gasteiger partial charge in [-0.25, -0.2) is 9.59 Å². The van der Waals surface area contributed by atoms with Crippen LogP contribution in [0.1, 0.15) is 136 Å². The number of hydrogen-bond acceptors (Lipinski definition) is 16. The fourth-order valence-corrected chi connectivity index (χ4v) is 13.2. The number of ketones is 1. The van der Waals surface area contributed by atoms with Crippen LogP contribution in [0.4, 0.5) is 15.3 Å². The van der Waals surface area contributed by atoms with Gasteiger partial charge in [-0.3, -0.25) is 14.4 Å². The van der Waals surface area contributed by atoms with E-state index in [-0.39, 0.29) is 124 Å². The smallest absolute Gasteiger partial charge is 0.407 e. The highest BCUT2D eigenvalue weighted by atomic mass is 16.7. The molecule has 1 aliphatic carbocycles. The van der Waals surface area contributed by atoms with Crippen LogP contribution in [-0.4, -0.2) is 158 Å². The van der Waals surface area contributed by atoms with Crippen LogP contribution >= 0.6 is 0 Å². The number of carbonyl (C=O) groups is 5. The van der Waals surface area contributed by atoms with Crippen molar-refractivity contribution in [3.8, 4) is 0 Å². The average molecular weight is 1140 g/mol. The normalized spacial score (nSPS) is 34.6. The van der Waals surface area contributed by atoms with Crippen molar-refractivity contribution in [1.82, 2.24) is 16.0 Å². The fourth-order valence-electron chi connectivity index (χ4n) is 13.2. The Bertz CT molecular complexity index is 2330. The molecule has 7 saturated heterocycles. The Morgan fingerprint density at radius 3 is 2.40 bits per heavy atom. The molecular formula is C60H92N6O15. The van der Waals surface area contributed by atoms with Crippen LogP contribution in [0.3, 0.4) is 0 Å². The predicted octanol–water partition coefficient (Wildman–Crippen LogP) is 5.36. The first-order chi connectivity index (χ1) is 38.6. The fraction of sp³-hybridized carbons (Fsp3) is 0.750. The van der Waals surface area contributed by atoms with Gasteiger partial charge in [0, 0.05) is 69.8 Å². The molecule has 0 spiro atoms. The van der Waals surface area contributed by atoms with E-state index >= 15 is 0 Å². The lowest BCUT2D eigenvalue weighted by molar-refractivity contribution is -0.358. The number of rotatable bonds is 26. The number of methoxy groups -OCH3 is 1. The first kappa shape index (κ1) is 62.5. The van der Waals surface area contributed by atoms with Crippen LogP contribution in [0.25, 0.3) is 0 Å². The van der Waals surface area contributed by atoms with Crippen molar-refractivity contribution < 1.29 is 72.1 Å². The number of anilines is 1. The highest BCUT2D eigenvalue weighted by molar-refractivity contribution is 5.97. The summed E-state index contributed by atoms with van der Waals surface area (Å²) < 4.78 is 50.4. The number of carbonyl (C=O) groups excluding carboxylic acids is 5. The zero-order chi connectivity index (χ0) is 58.1. The molecule has 7 aliphatic heterocycles. The molecule has 8 aliphatic rings. The van der Waals surface area contributed by atoms with Gasteiger partial charge in [-0.2, -0.15) is 0 Å². The van der Waals surface area contributed by atoms with Gasteiger partial charge in [-0.05, 0) is 124 Å². The molecule has 1 saturated carbocycles. The van der Waals surface area contributed by atoms with Crippen LogP contribution in [-0.2, 0) is 58.9 Å². The number of nitrogens with one attached hydrogen (secondary N) is 4. The number of fused-ring (bicyclic) bond motifs is 4. The average Bonchev–Trinajstić information content (AvgIpc) is 3.06. The van der Waals surface area contributed by atoms with E-state index in [0.717, 1.165) is 56.1 Å². The Balaban J connectivity index is 0.739. The van der Waals surface area contributed by atoms with Gasteiger partial charge < -0.3 is 80.8 Å². The van der Waals surface area contributed by atoms with Gasteiger partial charge in [-0.1, -0.05) is 46.1 Å². The first-order valence-electron chi connectivity index (χ1n) is 29.8. The van der Waals surface area contributed by atoms with E-state index in [0.29, 0.717) is 55.2 Å². The van der Waals surface area contributed by atoms with Crippen LogP contribution in [0, 0.1) is 29.6 Å². The Morgan fingerprint density at radius 1 is 0.889 bits per heavy atom. The second-order valence-electron chi connectivity index (χ2n) is 24.6. The van der Waals surface area contributed by atoms with Gasteiger partial charge in [0.05, 0.1) is 79.8 Å². The maximum atomic E-state index is 13.8.